The smallest absolute Gasteiger partial charge is 0.0714 e. The third-order valence-corrected chi connectivity index (χ3v) is 14.1. The summed E-state index contributed by atoms with van der Waals surface area (Å²) in [5.74, 6) is 0. The Bertz CT molecular complexity index is 3310. The molecule has 65 heavy (non-hydrogen) atoms. The van der Waals surface area contributed by atoms with Crippen LogP contribution in [-0.4, -0.2) is 0 Å². The molecule has 1 heteroatoms. The van der Waals surface area contributed by atoms with Crippen molar-refractivity contribution in [2.45, 2.75) is 24.7 Å². The molecule has 0 aromatic heterocycles. The molecule has 308 valence electrons. The van der Waals surface area contributed by atoms with Crippen LogP contribution in [0.2, 0.25) is 0 Å². The SMILES string of the molecule is CC1(C)c2ccccc2-c2ccc(N(c3cc(-c4ccccc4)cc(-c4ccccc4)c3)c3cccc4c3-c3ccccc3C4(c3ccccc3)c3ccc(-c4ccccc4)cc3)cc21. The van der Waals surface area contributed by atoms with Crippen molar-refractivity contribution < 1.29 is 0 Å². The zero-order chi connectivity index (χ0) is 43.5. The summed E-state index contributed by atoms with van der Waals surface area (Å²) in [4.78, 5) is 2.55. The lowest BCUT2D eigenvalue weighted by molar-refractivity contribution is 0.660. The summed E-state index contributed by atoms with van der Waals surface area (Å²) in [6.07, 6.45) is 0. The van der Waals surface area contributed by atoms with Gasteiger partial charge in [-0.15, -0.1) is 0 Å². The van der Waals surface area contributed by atoms with Gasteiger partial charge in [0.1, 0.15) is 0 Å². The Kier molecular flexibility index (Phi) is 9.14. The van der Waals surface area contributed by atoms with Crippen molar-refractivity contribution in [1.82, 2.24) is 0 Å². The van der Waals surface area contributed by atoms with E-state index in [0.717, 1.165) is 17.1 Å². The lowest BCUT2D eigenvalue weighted by atomic mass is 9.67. The molecule has 12 rings (SSSR count). The van der Waals surface area contributed by atoms with Crippen molar-refractivity contribution in [3.05, 3.63) is 282 Å². The molecule has 0 saturated heterocycles. The molecule has 1 atom stereocenters. The largest absolute Gasteiger partial charge is 0.310 e. The first kappa shape index (κ1) is 38.7. The highest BCUT2D eigenvalue weighted by Gasteiger charge is 2.47. The normalized spacial score (nSPS) is 15.1. The molecule has 0 amide bonds. The van der Waals surface area contributed by atoms with Gasteiger partial charge in [-0.2, -0.15) is 0 Å². The molecule has 0 fully saturated rings. The summed E-state index contributed by atoms with van der Waals surface area (Å²) in [7, 11) is 0. The van der Waals surface area contributed by atoms with E-state index in [2.05, 4.69) is 267 Å². The first-order valence-electron chi connectivity index (χ1n) is 22.8. The van der Waals surface area contributed by atoms with Gasteiger partial charge in [0.05, 0.1) is 11.1 Å². The quantitative estimate of drug-likeness (QED) is 0.147. The second-order valence-corrected chi connectivity index (χ2v) is 18.0. The summed E-state index contributed by atoms with van der Waals surface area (Å²) in [5, 5.41) is 0. The number of nitrogens with zero attached hydrogens (tertiary/aromatic N) is 1. The van der Waals surface area contributed by atoms with Gasteiger partial charge in [0.25, 0.3) is 0 Å². The maximum atomic E-state index is 2.55. The Morgan fingerprint density at radius 2 is 0.769 bits per heavy atom. The molecule has 0 saturated carbocycles. The van der Waals surface area contributed by atoms with Gasteiger partial charge in [0, 0.05) is 22.4 Å². The van der Waals surface area contributed by atoms with Crippen LogP contribution in [0.15, 0.2) is 249 Å². The second-order valence-electron chi connectivity index (χ2n) is 18.0. The molecule has 0 heterocycles. The van der Waals surface area contributed by atoms with Crippen molar-refractivity contribution in [2.24, 2.45) is 0 Å². The molecule has 1 unspecified atom stereocenters. The van der Waals surface area contributed by atoms with Crippen LogP contribution in [0.25, 0.3) is 55.6 Å². The Morgan fingerprint density at radius 3 is 1.40 bits per heavy atom. The average Bonchev–Trinajstić information content (AvgIpc) is 3.81. The van der Waals surface area contributed by atoms with E-state index in [1.807, 2.05) is 0 Å². The summed E-state index contributed by atoms with van der Waals surface area (Å²) < 4.78 is 0. The minimum atomic E-state index is -0.577. The van der Waals surface area contributed by atoms with E-state index in [4.69, 9.17) is 0 Å². The zero-order valence-electron chi connectivity index (χ0n) is 36.6. The minimum Gasteiger partial charge on any atom is -0.310 e. The lowest BCUT2D eigenvalue weighted by Gasteiger charge is -2.35. The van der Waals surface area contributed by atoms with E-state index in [1.165, 1.54) is 89.0 Å². The molecular weight excluding hydrogens is 783 g/mol. The number of benzene rings is 10. The first-order chi connectivity index (χ1) is 32.0. The molecule has 1 nitrogen and oxygen atoms in total. The van der Waals surface area contributed by atoms with E-state index in [0.29, 0.717) is 0 Å². The fraction of sp³-hybridized carbons (Fsp3) is 0.0625. The number of hydrogen-bond acceptors (Lipinski definition) is 1. The Labute approximate surface area is 382 Å². The molecule has 0 bridgehead atoms. The van der Waals surface area contributed by atoms with Crippen LogP contribution < -0.4 is 4.90 Å². The van der Waals surface area contributed by atoms with Gasteiger partial charge in [-0.05, 0) is 120 Å². The Morgan fingerprint density at radius 1 is 0.292 bits per heavy atom. The molecule has 0 aliphatic heterocycles. The zero-order valence-corrected chi connectivity index (χ0v) is 36.6. The van der Waals surface area contributed by atoms with Gasteiger partial charge < -0.3 is 4.90 Å². The molecular formula is C64H47N. The maximum absolute atomic E-state index is 2.55. The third-order valence-electron chi connectivity index (χ3n) is 14.1. The minimum absolute atomic E-state index is 0.172. The maximum Gasteiger partial charge on any atom is 0.0714 e. The van der Waals surface area contributed by atoms with Crippen molar-refractivity contribution in [1.29, 1.82) is 0 Å². The van der Waals surface area contributed by atoms with Crippen molar-refractivity contribution >= 4 is 17.1 Å². The van der Waals surface area contributed by atoms with Crippen LogP contribution >= 0.6 is 0 Å². The highest BCUT2D eigenvalue weighted by molar-refractivity contribution is 5.99. The molecule has 10 aromatic carbocycles. The molecule has 0 radical (unpaired) electrons. The summed E-state index contributed by atoms with van der Waals surface area (Å²) in [6.45, 7) is 4.76. The van der Waals surface area contributed by atoms with Crippen LogP contribution in [0, 0.1) is 0 Å². The Hall–Kier alpha value is -8.00. The highest BCUT2D eigenvalue weighted by Crippen LogP contribution is 2.60. The second kappa shape index (κ2) is 15.4. The summed E-state index contributed by atoms with van der Waals surface area (Å²) in [5.41, 5.74) is 22.6. The van der Waals surface area contributed by atoms with Crippen molar-refractivity contribution in [2.75, 3.05) is 4.90 Å². The van der Waals surface area contributed by atoms with Gasteiger partial charge >= 0.3 is 0 Å². The Balaban J connectivity index is 1.15. The van der Waals surface area contributed by atoms with Crippen LogP contribution in [0.5, 0.6) is 0 Å². The number of hydrogen-bond donors (Lipinski definition) is 0. The van der Waals surface area contributed by atoms with E-state index in [-0.39, 0.29) is 5.41 Å². The van der Waals surface area contributed by atoms with Crippen LogP contribution in [0.4, 0.5) is 17.1 Å². The van der Waals surface area contributed by atoms with E-state index in [9.17, 15) is 0 Å². The number of rotatable bonds is 8. The standard InChI is InChI=1S/C64H47N/c1-63(2)57-30-17-15-28-54(57)55-39-38-52(43-60(55)63)65(53-41-48(45-22-9-4-10-23-45)40-49(42-53)46-24-11-5-12-25-46)61-33-19-32-59-62(61)56-29-16-18-31-58(56)64(59,50-26-13-6-14-27-50)51-36-34-47(35-37-51)44-20-7-3-8-21-44/h3-43H,1-2H3. The van der Waals surface area contributed by atoms with Gasteiger partial charge in [-0.1, -0.05) is 226 Å². The van der Waals surface area contributed by atoms with Gasteiger partial charge in [0.15, 0.2) is 0 Å². The summed E-state index contributed by atoms with van der Waals surface area (Å²) >= 11 is 0. The van der Waals surface area contributed by atoms with Crippen LogP contribution in [-0.2, 0) is 10.8 Å². The molecule has 0 spiro atoms. The van der Waals surface area contributed by atoms with Gasteiger partial charge in [-0.25, -0.2) is 0 Å². The molecule has 0 N–H and O–H groups in total. The van der Waals surface area contributed by atoms with Crippen LogP contribution in [0.3, 0.4) is 0 Å². The average molecular weight is 830 g/mol. The predicted molar refractivity (Wildman–Crippen MR) is 272 cm³/mol. The topological polar surface area (TPSA) is 3.24 Å². The molecule has 2 aliphatic rings. The molecule has 10 aromatic rings. The van der Waals surface area contributed by atoms with E-state index in [1.54, 1.807) is 0 Å². The van der Waals surface area contributed by atoms with Gasteiger partial charge in [0.2, 0.25) is 0 Å². The lowest BCUT2D eigenvalue weighted by Crippen LogP contribution is -2.28. The van der Waals surface area contributed by atoms with Crippen LogP contribution in [0.1, 0.15) is 47.2 Å². The van der Waals surface area contributed by atoms with Crippen molar-refractivity contribution in [3.63, 3.8) is 0 Å². The van der Waals surface area contributed by atoms with E-state index < -0.39 is 5.41 Å². The fourth-order valence-electron chi connectivity index (χ4n) is 11.1. The fourth-order valence-corrected chi connectivity index (χ4v) is 11.1. The monoisotopic (exact) mass is 829 g/mol. The summed E-state index contributed by atoms with van der Waals surface area (Å²) in [6, 6.07) is 92.2. The van der Waals surface area contributed by atoms with Crippen molar-refractivity contribution in [3.8, 4) is 55.6 Å². The molecule has 2 aliphatic carbocycles. The predicted octanol–water partition coefficient (Wildman–Crippen LogP) is 16.8. The highest BCUT2D eigenvalue weighted by atomic mass is 15.1. The first-order valence-corrected chi connectivity index (χ1v) is 22.8. The van der Waals surface area contributed by atoms with Gasteiger partial charge in [-0.3, -0.25) is 0 Å². The van der Waals surface area contributed by atoms with E-state index >= 15 is 0 Å². The number of anilines is 3. The third kappa shape index (κ3) is 6.15. The number of fused-ring (bicyclic) bond motifs is 6.